The van der Waals surface area contributed by atoms with Crippen LogP contribution in [-0.2, 0) is 4.79 Å². The molecule has 1 rings (SSSR count). The Hall–Kier alpha value is -1.55. The fraction of sp³-hybridized carbons (Fsp3) is 0.533. The highest BCUT2D eigenvalue weighted by Gasteiger charge is 2.29. The van der Waals surface area contributed by atoms with E-state index in [1.165, 1.54) is 11.3 Å². The van der Waals surface area contributed by atoms with Crippen LogP contribution in [0.15, 0.2) is 24.3 Å². The van der Waals surface area contributed by atoms with E-state index in [1.54, 1.807) is 7.05 Å². The fourth-order valence-corrected chi connectivity index (χ4v) is 2.02. The van der Waals surface area contributed by atoms with Crippen LogP contribution < -0.4 is 16.0 Å². The van der Waals surface area contributed by atoms with Gasteiger partial charge >= 0.3 is 0 Å². The number of hydrogen-bond donors (Lipinski definition) is 2. The number of rotatable bonds is 7. The summed E-state index contributed by atoms with van der Waals surface area (Å²) in [5.74, 6) is -0.310. The highest BCUT2D eigenvalue weighted by atomic mass is 16.1. The smallest absolute Gasteiger partial charge is 0.237 e. The summed E-state index contributed by atoms with van der Waals surface area (Å²) in [7, 11) is 1.77. The lowest BCUT2D eigenvalue weighted by atomic mass is 9.97. The highest BCUT2D eigenvalue weighted by Crippen LogP contribution is 2.18. The molecule has 1 unspecified atom stereocenters. The molecule has 0 fully saturated rings. The zero-order valence-corrected chi connectivity index (χ0v) is 12.4. The first-order chi connectivity index (χ1) is 8.92. The molecule has 0 aliphatic carbocycles. The molecule has 4 nitrogen and oxygen atoms in total. The highest BCUT2D eigenvalue weighted by molar-refractivity contribution is 5.84. The molecule has 1 amide bonds. The van der Waals surface area contributed by atoms with Gasteiger partial charge in [-0.3, -0.25) is 4.79 Å². The van der Waals surface area contributed by atoms with Gasteiger partial charge in [-0.05, 0) is 51.9 Å². The van der Waals surface area contributed by atoms with Crippen molar-refractivity contribution in [3.05, 3.63) is 29.8 Å². The molecule has 1 atom stereocenters. The molecule has 19 heavy (non-hydrogen) atoms. The first kappa shape index (κ1) is 15.5. The van der Waals surface area contributed by atoms with Crippen molar-refractivity contribution < 1.29 is 4.79 Å². The van der Waals surface area contributed by atoms with Crippen LogP contribution in [0.2, 0.25) is 0 Å². The first-order valence-corrected chi connectivity index (χ1v) is 6.73. The van der Waals surface area contributed by atoms with E-state index in [0.717, 1.165) is 13.1 Å². The quantitative estimate of drug-likeness (QED) is 0.787. The molecule has 0 aliphatic heterocycles. The number of anilines is 1. The Morgan fingerprint density at radius 2 is 2.16 bits per heavy atom. The van der Waals surface area contributed by atoms with E-state index in [2.05, 4.69) is 48.3 Å². The minimum atomic E-state index is -0.656. The van der Waals surface area contributed by atoms with Gasteiger partial charge in [0.15, 0.2) is 0 Å². The third kappa shape index (κ3) is 3.96. The van der Waals surface area contributed by atoms with E-state index in [4.69, 9.17) is 5.73 Å². The van der Waals surface area contributed by atoms with Gasteiger partial charge in [-0.25, -0.2) is 0 Å². The molecule has 0 aliphatic rings. The Labute approximate surface area is 116 Å². The van der Waals surface area contributed by atoms with Crippen LogP contribution in [0.1, 0.15) is 25.8 Å². The standard InChI is InChI=1S/C15H25N3O/c1-5-18(13-8-6-7-12(2)11-13)10-9-15(3,17-4)14(16)19/h6-8,11,17H,5,9-10H2,1-4H3,(H2,16,19). The summed E-state index contributed by atoms with van der Waals surface area (Å²) in [5, 5.41) is 3.02. The average Bonchev–Trinajstić information content (AvgIpc) is 2.39. The number of nitrogens with one attached hydrogen (secondary N) is 1. The van der Waals surface area contributed by atoms with Gasteiger partial charge in [-0.1, -0.05) is 12.1 Å². The number of nitrogens with zero attached hydrogens (tertiary/aromatic N) is 1. The summed E-state index contributed by atoms with van der Waals surface area (Å²) in [6.07, 6.45) is 0.681. The molecule has 4 heteroatoms. The van der Waals surface area contributed by atoms with Crippen LogP contribution in [0.25, 0.3) is 0 Å². The second-order valence-corrected chi connectivity index (χ2v) is 5.12. The van der Waals surface area contributed by atoms with Crippen molar-refractivity contribution >= 4 is 11.6 Å². The second kappa shape index (κ2) is 6.57. The Bertz CT molecular complexity index is 433. The molecule has 3 N–H and O–H groups in total. The van der Waals surface area contributed by atoms with Crippen LogP contribution in [0, 0.1) is 6.92 Å². The van der Waals surface area contributed by atoms with Gasteiger partial charge in [-0.15, -0.1) is 0 Å². The Morgan fingerprint density at radius 1 is 1.47 bits per heavy atom. The predicted molar refractivity (Wildman–Crippen MR) is 80.3 cm³/mol. The number of amides is 1. The normalized spacial score (nSPS) is 13.9. The summed E-state index contributed by atoms with van der Waals surface area (Å²) < 4.78 is 0. The number of aryl methyl sites for hydroxylation is 1. The largest absolute Gasteiger partial charge is 0.372 e. The molecule has 0 heterocycles. The number of primary amides is 1. The maximum absolute atomic E-state index is 11.5. The predicted octanol–water partition coefficient (Wildman–Crippen LogP) is 1.67. The third-order valence-electron chi connectivity index (χ3n) is 3.73. The van der Waals surface area contributed by atoms with Crippen LogP contribution in [0.5, 0.6) is 0 Å². The van der Waals surface area contributed by atoms with Crippen LogP contribution in [-0.4, -0.2) is 31.6 Å². The zero-order valence-electron chi connectivity index (χ0n) is 12.4. The van der Waals surface area contributed by atoms with E-state index in [0.29, 0.717) is 6.42 Å². The number of nitrogens with two attached hydrogens (primary N) is 1. The van der Waals surface area contributed by atoms with Crippen molar-refractivity contribution in [2.75, 3.05) is 25.0 Å². The van der Waals surface area contributed by atoms with Crippen LogP contribution in [0.3, 0.4) is 0 Å². The molecule has 1 aromatic rings. The lowest BCUT2D eigenvalue weighted by Gasteiger charge is -2.30. The average molecular weight is 263 g/mol. The van der Waals surface area contributed by atoms with Gasteiger partial charge in [0.25, 0.3) is 0 Å². The fourth-order valence-electron chi connectivity index (χ4n) is 2.02. The number of carbonyl (C=O) groups excluding carboxylic acids is 1. The number of benzene rings is 1. The van der Waals surface area contributed by atoms with E-state index >= 15 is 0 Å². The molecule has 0 spiro atoms. The summed E-state index contributed by atoms with van der Waals surface area (Å²) in [5.41, 5.74) is 7.22. The molecule has 1 aromatic carbocycles. The van der Waals surface area contributed by atoms with Crippen molar-refractivity contribution in [3.8, 4) is 0 Å². The number of likely N-dealkylation sites (N-methyl/N-ethyl adjacent to an activating group) is 1. The summed E-state index contributed by atoms with van der Waals surface area (Å²) in [6, 6.07) is 8.39. The molecule has 0 saturated carbocycles. The molecule has 106 valence electrons. The van der Waals surface area contributed by atoms with Gasteiger partial charge in [0.2, 0.25) is 5.91 Å². The van der Waals surface area contributed by atoms with Gasteiger partial charge in [0.1, 0.15) is 0 Å². The van der Waals surface area contributed by atoms with Crippen molar-refractivity contribution in [2.24, 2.45) is 5.73 Å². The Kier molecular flexibility index (Phi) is 5.36. The summed E-state index contributed by atoms with van der Waals surface area (Å²) in [6.45, 7) is 7.74. The molecule has 0 bridgehead atoms. The van der Waals surface area contributed by atoms with Crippen molar-refractivity contribution in [1.29, 1.82) is 0 Å². The maximum atomic E-state index is 11.5. The number of hydrogen-bond acceptors (Lipinski definition) is 3. The minimum Gasteiger partial charge on any atom is -0.372 e. The lowest BCUT2D eigenvalue weighted by molar-refractivity contribution is -0.123. The second-order valence-electron chi connectivity index (χ2n) is 5.12. The first-order valence-electron chi connectivity index (χ1n) is 6.73. The monoisotopic (exact) mass is 263 g/mol. The van der Waals surface area contributed by atoms with Gasteiger partial charge in [-0.2, -0.15) is 0 Å². The molecular formula is C15H25N3O. The van der Waals surface area contributed by atoms with Crippen LogP contribution >= 0.6 is 0 Å². The lowest BCUT2D eigenvalue weighted by Crippen LogP contribution is -2.53. The SMILES string of the molecule is CCN(CCC(C)(NC)C(N)=O)c1cccc(C)c1. The van der Waals surface area contributed by atoms with Crippen molar-refractivity contribution in [3.63, 3.8) is 0 Å². The third-order valence-corrected chi connectivity index (χ3v) is 3.73. The Balaban J connectivity index is 2.76. The van der Waals surface area contributed by atoms with Crippen molar-refractivity contribution in [1.82, 2.24) is 5.32 Å². The molecule has 0 saturated heterocycles. The van der Waals surface area contributed by atoms with Crippen LogP contribution in [0.4, 0.5) is 5.69 Å². The van der Waals surface area contributed by atoms with Gasteiger partial charge in [0, 0.05) is 18.8 Å². The van der Waals surface area contributed by atoms with E-state index in [9.17, 15) is 4.79 Å². The minimum absolute atomic E-state index is 0.310. The zero-order chi connectivity index (χ0) is 14.5. The van der Waals surface area contributed by atoms with E-state index in [-0.39, 0.29) is 5.91 Å². The summed E-state index contributed by atoms with van der Waals surface area (Å²) >= 11 is 0. The number of carbonyl (C=O) groups is 1. The topological polar surface area (TPSA) is 58.4 Å². The van der Waals surface area contributed by atoms with E-state index < -0.39 is 5.54 Å². The molecule has 0 radical (unpaired) electrons. The van der Waals surface area contributed by atoms with E-state index in [1.807, 2.05) is 6.92 Å². The molecular weight excluding hydrogens is 238 g/mol. The van der Waals surface area contributed by atoms with Gasteiger partial charge in [0.05, 0.1) is 5.54 Å². The summed E-state index contributed by atoms with van der Waals surface area (Å²) in [4.78, 5) is 13.7. The van der Waals surface area contributed by atoms with Crippen molar-refractivity contribution in [2.45, 2.75) is 32.7 Å². The molecule has 0 aromatic heterocycles. The van der Waals surface area contributed by atoms with Gasteiger partial charge < -0.3 is 16.0 Å². The maximum Gasteiger partial charge on any atom is 0.237 e. The Morgan fingerprint density at radius 3 is 2.63 bits per heavy atom.